The summed E-state index contributed by atoms with van der Waals surface area (Å²) in [5.41, 5.74) is 0.652. The molecular weight excluding hydrogens is 385 g/mol. The summed E-state index contributed by atoms with van der Waals surface area (Å²) in [4.78, 5) is 13.2. The molecule has 0 N–H and O–H groups in total. The minimum absolute atomic E-state index is 0.0513. The van der Waals surface area contributed by atoms with Gasteiger partial charge in [0.2, 0.25) is 11.6 Å². The molecule has 0 heterocycles. The second-order valence-electron chi connectivity index (χ2n) is 5.08. The van der Waals surface area contributed by atoms with E-state index in [0.717, 1.165) is 0 Å². The number of benzene rings is 2. The quantitative estimate of drug-likeness (QED) is 0.547. The van der Waals surface area contributed by atoms with Gasteiger partial charge in [-0.15, -0.1) is 0 Å². The van der Waals surface area contributed by atoms with Crippen molar-refractivity contribution < 1.29 is 27.1 Å². The van der Waals surface area contributed by atoms with Gasteiger partial charge in [0.05, 0.1) is 10.0 Å². The van der Waals surface area contributed by atoms with Crippen LogP contribution in [0.25, 0.3) is 0 Å². The molecule has 25 heavy (non-hydrogen) atoms. The fourth-order valence-corrected chi connectivity index (χ4v) is 2.24. The van der Waals surface area contributed by atoms with Crippen LogP contribution in [0, 0.1) is 23.3 Å². The summed E-state index contributed by atoms with van der Waals surface area (Å²) in [5, 5.41) is 0.650. The average Bonchev–Trinajstić information content (AvgIpc) is 2.56. The van der Waals surface area contributed by atoms with Gasteiger partial charge in [0.25, 0.3) is 5.91 Å². The fourth-order valence-electron chi connectivity index (χ4n) is 1.92. The lowest BCUT2D eigenvalue weighted by atomic mass is 10.2. The Hall–Kier alpha value is -1.99. The number of hydrogen-bond donors (Lipinski definition) is 0. The number of carbonyl (C=O) groups is 1. The first kappa shape index (κ1) is 19.3. The van der Waals surface area contributed by atoms with Crippen LogP contribution >= 0.6 is 23.2 Å². The lowest BCUT2D eigenvalue weighted by molar-refractivity contribution is -0.132. The molecule has 3 nitrogen and oxygen atoms in total. The van der Waals surface area contributed by atoms with Gasteiger partial charge in [0.1, 0.15) is 0 Å². The van der Waals surface area contributed by atoms with Gasteiger partial charge in [0, 0.05) is 19.7 Å². The topological polar surface area (TPSA) is 29.5 Å². The van der Waals surface area contributed by atoms with E-state index in [0.29, 0.717) is 15.6 Å². The Morgan fingerprint density at radius 2 is 1.64 bits per heavy atom. The molecule has 0 aliphatic rings. The van der Waals surface area contributed by atoms with Crippen molar-refractivity contribution in [3.8, 4) is 5.75 Å². The van der Waals surface area contributed by atoms with E-state index in [1.165, 1.54) is 11.9 Å². The normalized spacial score (nSPS) is 10.7. The van der Waals surface area contributed by atoms with Gasteiger partial charge in [0.15, 0.2) is 24.0 Å². The first-order valence-electron chi connectivity index (χ1n) is 6.84. The Balaban J connectivity index is 2.04. The summed E-state index contributed by atoms with van der Waals surface area (Å²) in [6, 6.07) is 4.79. The van der Waals surface area contributed by atoms with Crippen LogP contribution in [0.15, 0.2) is 24.3 Å². The van der Waals surface area contributed by atoms with Crippen LogP contribution in [0.4, 0.5) is 17.6 Å². The number of likely N-dealkylation sites (N-methyl/N-ethyl adjacent to an activating group) is 1. The lowest BCUT2D eigenvalue weighted by Gasteiger charge is -2.18. The van der Waals surface area contributed by atoms with Crippen molar-refractivity contribution in [2.75, 3.05) is 13.7 Å². The molecule has 2 rings (SSSR count). The van der Waals surface area contributed by atoms with Crippen LogP contribution < -0.4 is 4.74 Å². The highest BCUT2D eigenvalue weighted by atomic mass is 35.5. The second-order valence-corrected chi connectivity index (χ2v) is 5.90. The van der Waals surface area contributed by atoms with Gasteiger partial charge in [-0.05, 0) is 17.7 Å². The Morgan fingerprint density at radius 1 is 1.04 bits per heavy atom. The highest BCUT2D eigenvalue weighted by Crippen LogP contribution is 2.26. The molecule has 2 aromatic carbocycles. The first-order valence-corrected chi connectivity index (χ1v) is 7.60. The van der Waals surface area contributed by atoms with Crippen LogP contribution in [-0.2, 0) is 11.3 Å². The molecule has 9 heteroatoms. The van der Waals surface area contributed by atoms with Gasteiger partial charge >= 0.3 is 0 Å². The predicted molar refractivity (Wildman–Crippen MR) is 84.7 cm³/mol. The molecule has 0 aliphatic heterocycles. The van der Waals surface area contributed by atoms with Crippen LogP contribution in [-0.4, -0.2) is 24.5 Å². The number of amides is 1. The number of carbonyl (C=O) groups excluding carboxylic acids is 1. The maximum Gasteiger partial charge on any atom is 0.260 e. The summed E-state index contributed by atoms with van der Waals surface area (Å²) >= 11 is 11.7. The van der Waals surface area contributed by atoms with E-state index in [9.17, 15) is 22.4 Å². The smallest absolute Gasteiger partial charge is 0.260 e. The van der Waals surface area contributed by atoms with E-state index in [2.05, 4.69) is 4.74 Å². The molecular formula is C16H11Cl2F4NO2. The first-order chi connectivity index (χ1) is 11.7. The zero-order valence-electron chi connectivity index (χ0n) is 12.8. The molecule has 0 radical (unpaired) electrons. The third kappa shape index (κ3) is 4.55. The molecule has 0 spiro atoms. The van der Waals surface area contributed by atoms with E-state index in [1.54, 1.807) is 18.2 Å². The molecule has 134 valence electrons. The van der Waals surface area contributed by atoms with Crippen molar-refractivity contribution >= 4 is 29.1 Å². The van der Waals surface area contributed by atoms with E-state index in [-0.39, 0.29) is 12.6 Å². The van der Waals surface area contributed by atoms with Gasteiger partial charge < -0.3 is 9.64 Å². The predicted octanol–water partition coefficient (Wildman–Crippen LogP) is 4.59. The van der Waals surface area contributed by atoms with Gasteiger partial charge in [-0.3, -0.25) is 4.79 Å². The standard InChI is InChI=1S/C16H11Cl2F4NO2/c1-23(6-8-2-3-9(17)10(18)4-8)13(24)7-25-16-14(21)11(19)5-12(20)15(16)22/h2-5H,6-7H2,1H3. The largest absolute Gasteiger partial charge is 0.477 e. The minimum atomic E-state index is -1.71. The SMILES string of the molecule is CN(Cc1ccc(Cl)c(Cl)c1)C(=O)COc1c(F)c(F)cc(F)c1F. The van der Waals surface area contributed by atoms with Crippen LogP contribution in [0.1, 0.15) is 5.56 Å². The van der Waals surface area contributed by atoms with Crippen molar-refractivity contribution in [3.05, 3.63) is 63.1 Å². The maximum absolute atomic E-state index is 13.5. The van der Waals surface area contributed by atoms with E-state index in [1.807, 2.05) is 0 Å². The van der Waals surface area contributed by atoms with Crippen molar-refractivity contribution in [1.82, 2.24) is 4.90 Å². The molecule has 0 bridgehead atoms. The number of halogens is 6. The Labute approximate surface area is 150 Å². The van der Waals surface area contributed by atoms with Gasteiger partial charge in [-0.1, -0.05) is 29.3 Å². The van der Waals surface area contributed by atoms with Gasteiger partial charge in [-0.25, -0.2) is 8.78 Å². The zero-order chi connectivity index (χ0) is 18.7. The third-order valence-electron chi connectivity index (χ3n) is 3.24. The summed E-state index contributed by atoms with van der Waals surface area (Å²) in [5.74, 6) is -8.61. The number of ether oxygens (including phenoxy) is 1. The van der Waals surface area contributed by atoms with Crippen molar-refractivity contribution in [1.29, 1.82) is 0 Å². The van der Waals surface area contributed by atoms with Crippen molar-refractivity contribution in [2.24, 2.45) is 0 Å². The van der Waals surface area contributed by atoms with Crippen LogP contribution in [0.2, 0.25) is 10.0 Å². The van der Waals surface area contributed by atoms with E-state index >= 15 is 0 Å². The highest BCUT2D eigenvalue weighted by molar-refractivity contribution is 6.42. The lowest BCUT2D eigenvalue weighted by Crippen LogP contribution is -2.31. The number of rotatable bonds is 5. The summed E-state index contributed by atoms with van der Waals surface area (Å²) in [7, 11) is 1.41. The molecule has 0 atom stereocenters. The Morgan fingerprint density at radius 3 is 2.20 bits per heavy atom. The highest BCUT2D eigenvalue weighted by Gasteiger charge is 2.22. The molecule has 0 aromatic heterocycles. The summed E-state index contributed by atoms with van der Waals surface area (Å²) in [6.45, 7) is -0.698. The number of hydrogen-bond acceptors (Lipinski definition) is 2. The summed E-state index contributed by atoms with van der Waals surface area (Å²) < 4.78 is 57.7. The molecule has 0 saturated carbocycles. The van der Waals surface area contributed by atoms with Gasteiger partial charge in [-0.2, -0.15) is 8.78 Å². The van der Waals surface area contributed by atoms with Crippen LogP contribution in [0.3, 0.4) is 0 Å². The second kappa shape index (κ2) is 7.93. The molecule has 0 saturated heterocycles. The molecule has 0 fully saturated rings. The van der Waals surface area contributed by atoms with E-state index in [4.69, 9.17) is 23.2 Å². The minimum Gasteiger partial charge on any atom is -0.477 e. The maximum atomic E-state index is 13.5. The van der Waals surface area contributed by atoms with E-state index < -0.39 is 41.5 Å². The Bertz CT molecular complexity index is 791. The summed E-state index contributed by atoms with van der Waals surface area (Å²) in [6.07, 6.45) is 0. The fraction of sp³-hybridized carbons (Fsp3) is 0.188. The van der Waals surface area contributed by atoms with Crippen molar-refractivity contribution in [3.63, 3.8) is 0 Å². The average molecular weight is 396 g/mol. The molecule has 2 aromatic rings. The molecule has 0 aliphatic carbocycles. The monoisotopic (exact) mass is 395 g/mol. The zero-order valence-corrected chi connectivity index (χ0v) is 14.3. The third-order valence-corrected chi connectivity index (χ3v) is 3.98. The molecule has 1 amide bonds. The van der Waals surface area contributed by atoms with Crippen molar-refractivity contribution in [2.45, 2.75) is 6.54 Å². The van der Waals surface area contributed by atoms with Crippen LogP contribution in [0.5, 0.6) is 5.75 Å². The number of nitrogens with zero attached hydrogens (tertiary/aromatic N) is 1. The Kier molecular flexibility index (Phi) is 6.13. The molecule has 0 unspecified atom stereocenters.